The number of ketones is 1. The lowest BCUT2D eigenvalue weighted by atomic mass is 10.0. The van der Waals surface area contributed by atoms with Crippen molar-refractivity contribution in [2.45, 2.75) is 45.9 Å². The zero-order chi connectivity index (χ0) is 24.7. The van der Waals surface area contributed by atoms with E-state index in [1.54, 1.807) is 6.07 Å². The number of aryl methyl sites for hydroxylation is 2. The maximum atomic E-state index is 13.6. The summed E-state index contributed by atoms with van der Waals surface area (Å²) < 4.78 is 23.1. The Bertz CT molecular complexity index is 1540. The predicted octanol–water partition coefficient (Wildman–Crippen LogP) is 3.17. The number of carbonyl (C=O) groups is 1. The number of ether oxygens (including phenoxy) is 1. The van der Waals surface area contributed by atoms with Gasteiger partial charge in [0.25, 0.3) is 5.56 Å². The number of hydrogen-bond acceptors (Lipinski definition) is 5. The third-order valence-corrected chi connectivity index (χ3v) is 6.39. The molecule has 1 atom stereocenters. The zero-order valence-corrected chi connectivity index (χ0v) is 19.5. The van der Waals surface area contributed by atoms with Crippen molar-refractivity contribution in [3.63, 3.8) is 0 Å². The topological polar surface area (TPSA) is 88.1 Å². The van der Waals surface area contributed by atoms with Gasteiger partial charge in [0.05, 0.1) is 31.2 Å². The fourth-order valence-corrected chi connectivity index (χ4v) is 4.64. The predicted molar refractivity (Wildman–Crippen MR) is 129 cm³/mol. The van der Waals surface area contributed by atoms with Gasteiger partial charge in [0.2, 0.25) is 0 Å². The lowest BCUT2D eigenvalue weighted by Crippen LogP contribution is -2.42. The second kappa shape index (κ2) is 9.07. The van der Waals surface area contributed by atoms with E-state index in [2.05, 4.69) is 4.98 Å². The average Bonchev–Trinajstić information content (AvgIpc) is 3.48. The SMILES string of the molecule is Cc1ccc(C(=O)Cn2cnc3c2c(=O)n(C[C@H]2CCCO2)c(=O)n3-c2ccc(F)cc2)c(C)c1. The molecule has 4 aromatic rings. The van der Waals surface area contributed by atoms with Crippen LogP contribution in [0.3, 0.4) is 0 Å². The van der Waals surface area contributed by atoms with Crippen molar-refractivity contribution in [1.82, 2.24) is 18.7 Å². The van der Waals surface area contributed by atoms with Crippen LogP contribution in [0.1, 0.15) is 34.3 Å². The van der Waals surface area contributed by atoms with Gasteiger partial charge in [-0.15, -0.1) is 0 Å². The van der Waals surface area contributed by atoms with Gasteiger partial charge >= 0.3 is 5.69 Å². The van der Waals surface area contributed by atoms with Gasteiger partial charge < -0.3 is 9.30 Å². The van der Waals surface area contributed by atoms with Gasteiger partial charge in [-0.2, -0.15) is 0 Å². The molecule has 1 aliphatic heterocycles. The molecule has 0 aliphatic carbocycles. The monoisotopic (exact) mass is 476 g/mol. The number of carbonyl (C=O) groups excluding carboxylic acids is 1. The van der Waals surface area contributed by atoms with Crippen LogP contribution in [-0.2, 0) is 17.8 Å². The maximum absolute atomic E-state index is 13.6. The van der Waals surface area contributed by atoms with Crippen molar-refractivity contribution in [1.29, 1.82) is 0 Å². The molecule has 0 spiro atoms. The Morgan fingerprint density at radius 2 is 1.91 bits per heavy atom. The maximum Gasteiger partial charge on any atom is 0.337 e. The van der Waals surface area contributed by atoms with Crippen molar-refractivity contribution in [3.05, 3.63) is 92.1 Å². The molecule has 0 N–H and O–H groups in total. The molecule has 0 amide bonds. The molecule has 0 unspecified atom stereocenters. The number of halogens is 1. The van der Waals surface area contributed by atoms with E-state index in [0.29, 0.717) is 17.9 Å². The first kappa shape index (κ1) is 22.9. The highest BCUT2D eigenvalue weighted by Gasteiger charge is 2.24. The minimum atomic E-state index is -0.587. The molecule has 5 rings (SSSR count). The molecule has 1 aliphatic rings. The Kier molecular flexibility index (Phi) is 5.94. The van der Waals surface area contributed by atoms with Crippen LogP contribution in [0.15, 0.2) is 58.4 Å². The Labute approximate surface area is 200 Å². The summed E-state index contributed by atoms with van der Waals surface area (Å²) in [6, 6.07) is 11.0. The Hall–Kier alpha value is -3.85. The Balaban J connectivity index is 1.67. The molecule has 1 saturated heterocycles. The summed E-state index contributed by atoms with van der Waals surface area (Å²) in [7, 11) is 0. The van der Waals surface area contributed by atoms with Gasteiger partial charge in [0.1, 0.15) is 5.82 Å². The van der Waals surface area contributed by atoms with E-state index in [9.17, 15) is 18.8 Å². The zero-order valence-electron chi connectivity index (χ0n) is 19.5. The smallest absolute Gasteiger partial charge is 0.337 e. The second-order valence-electron chi connectivity index (χ2n) is 8.93. The molecular weight excluding hydrogens is 451 g/mol. The highest BCUT2D eigenvalue weighted by atomic mass is 19.1. The van der Waals surface area contributed by atoms with Crippen molar-refractivity contribution in [2.24, 2.45) is 0 Å². The summed E-state index contributed by atoms with van der Waals surface area (Å²) in [5, 5.41) is 0. The number of benzene rings is 2. The minimum Gasteiger partial charge on any atom is -0.376 e. The highest BCUT2D eigenvalue weighted by molar-refractivity contribution is 5.98. The fourth-order valence-electron chi connectivity index (χ4n) is 4.64. The third-order valence-electron chi connectivity index (χ3n) is 6.39. The molecule has 35 heavy (non-hydrogen) atoms. The quantitative estimate of drug-likeness (QED) is 0.399. The number of Topliss-reactive ketones (excluding diaryl/α,β-unsaturated/α-hetero) is 1. The van der Waals surface area contributed by atoms with E-state index in [0.717, 1.165) is 28.5 Å². The molecule has 1 fully saturated rings. The van der Waals surface area contributed by atoms with Crippen molar-refractivity contribution >= 4 is 16.9 Å². The van der Waals surface area contributed by atoms with Gasteiger partial charge in [-0.3, -0.25) is 14.2 Å². The van der Waals surface area contributed by atoms with Crippen molar-refractivity contribution < 1.29 is 13.9 Å². The first-order chi connectivity index (χ1) is 16.8. The van der Waals surface area contributed by atoms with Gasteiger partial charge in [-0.25, -0.2) is 18.7 Å². The first-order valence-corrected chi connectivity index (χ1v) is 11.5. The lowest BCUT2D eigenvalue weighted by molar-refractivity contribution is 0.0947. The van der Waals surface area contributed by atoms with Crippen LogP contribution in [0.25, 0.3) is 16.9 Å². The van der Waals surface area contributed by atoms with E-state index in [-0.39, 0.29) is 36.1 Å². The highest BCUT2D eigenvalue weighted by Crippen LogP contribution is 2.18. The molecule has 180 valence electrons. The molecular formula is C26H25FN4O4. The molecule has 2 aromatic heterocycles. The number of nitrogens with zero attached hydrogens (tertiary/aromatic N) is 4. The molecule has 0 saturated carbocycles. The van der Waals surface area contributed by atoms with Crippen LogP contribution in [0.5, 0.6) is 0 Å². The summed E-state index contributed by atoms with van der Waals surface area (Å²) in [5.41, 5.74) is 1.94. The molecule has 3 heterocycles. The third kappa shape index (κ3) is 4.23. The van der Waals surface area contributed by atoms with E-state index in [1.165, 1.54) is 39.7 Å². The largest absolute Gasteiger partial charge is 0.376 e. The summed E-state index contributed by atoms with van der Waals surface area (Å²) in [4.78, 5) is 44.5. The lowest BCUT2D eigenvalue weighted by Gasteiger charge is -2.15. The van der Waals surface area contributed by atoms with Crippen LogP contribution in [0.2, 0.25) is 0 Å². The summed E-state index contributed by atoms with van der Waals surface area (Å²) in [5.74, 6) is -0.623. The van der Waals surface area contributed by atoms with Gasteiger partial charge in [-0.1, -0.05) is 23.8 Å². The van der Waals surface area contributed by atoms with E-state index in [4.69, 9.17) is 4.74 Å². The minimum absolute atomic E-state index is 0.0883. The molecule has 8 nitrogen and oxygen atoms in total. The number of rotatable bonds is 6. The summed E-state index contributed by atoms with van der Waals surface area (Å²) >= 11 is 0. The summed E-state index contributed by atoms with van der Waals surface area (Å²) in [6.45, 7) is 4.38. The van der Waals surface area contributed by atoms with Crippen molar-refractivity contribution in [2.75, 3.05) is 6.61 Å². The van der Waals surface area contributed by atoms with E-state index < -0.39 is 17.1 Å². The van der Waals surface area contributed by atoms with Crippen LogP contribution in [-0.4, -0.2) is 37.2 Å². The van der Waals surface area contributed by atoms with Gasteiger partial charge in [0, 0.05) is 12.2 Å². The van der Waals surface area contributed by atoms with Crippen LogP contribution in [0.4, 0.5) is 4.39 Å². The normalized spacial score (nSPS) is 15.7. The van der Waals surface area contributed by atoms with Crippen LogP contribution >= 0.6 is 0 Å². The number of aromatic nitrogens is 4. The average molecular weight is 477 g/mol. The van der Waals surface area contributed by atoms with E-state index >= 15 is 0 Å². The number of imidazole rings is 1. The van der Waals surface area contributed by atoms with E-state index in [1.807, 2.05) is 26.0 Å². The Morgan fingerprint density at radius 3 is 2.60 bits per heavy atom. The standard InChI is InChI=1S/C26H25FN4O4/c1-16-5-10-21(17(2)12-16)22(32)14-29-15-28-24-23(29)25(33)30(13-20-4-3-11-35-20)26(34)31(24)19-8-6-18(27)7-9-19/h5-10,12,15,20H,3-4,11,13-14H2,1-2H3/t20-/m1/s1. The van der Waals surface area contributed by atoms with Gasteiger partial charge in [-0.05, 0) is 56.5 Å². The van der Waals surface area contributed by atoms with Crippen LogP contribution < -0.4 is 11.2 Å². The molecule has 0 radical (unpaired) electrons. The second-order valence-corrected chi connectivity index (χ2v) is 8.93. The number of fused-ring (bicyclic) bond motifs is 1. The first-order valence-electron chi connectivity index (χ1n) is 11.5. The number of hydrogen-bond donors (Lipinski definition) is 0. The molecule has 0 bridgehead atoms. The molecule has 2 aromatic carbocycles. The van der Waals surface area contributed by atoms with Crippen LogP contribution in [0, 0.1) is 19.7 Å². The fraction of sp³-hybridized carbons (Fsp3) is 0.308. The van der Waals surface area contributed by atoms with Crippen molar-refractivity contribution in [3.8, 4) is 5.69 Å². The molecule has 9 heteroatoms. The van der Waals surface area contributed by atoms with Gasteiger partial charge in [0.15, 0.2) is 16.9 Å². The Morgan fingerprint density at radius 1 is 1.14 bits per heavy atom. The summed E-state index contributed by atoms with van der Waals surface area (Å²) in [6.07, 6.45) is 2.73.